The summed E-state index contributed by atoms with van der Waals surface area (Å²) in [5, 5.41) is 0. The van der Waals surface area contributed by atoms with Crippen LogP contribution in [0.15, 0.2) is 47.4 Å². The molecule has 0 saturated carbocycles. The van der Waals surface area contributed by atoms with Gasteiger partial charge in [0, 0.05) is 0 Å². The monoisotopic (exact) mass is 439 g/mol. The number of methoxy groups -OCH3 is 1. The van der Waals surface area contributed by atoms with Gasteiger partial charge in [0.25, 0.3) is 5.91 Å². The van der Waals surface area contributed by atoms with Crippen LogP contribution in [0.2, 0.25) is 0 Å². The molecule has 1 aliphatic heterocycles. The van der Waals surface area contributed by atoms with Crippen molar-refractivity contribution in [1.82, 2.24) is 0 Å². The third-order valence-corrected chi connectivity index (χ3v) is 5.37. The summed E-state index contributed by atoms with van der Waals surface area (Å²) in [6.07, 6.45) is 2.52. The molecule has 2 aromatic rings. The molecule has 1 fully saturated rings. The van der Waals surface area contributed by atoms with Crippen LogP contribution in [0.4, 0.5) is 10.1 Å². The number of halogens is 1. The fraction of sp³-hybridized carbons (Fsp3) is 0.111. The summed E-state index contributed by atoms with van der Waals surface area (Å²) in [7, 11) is -2.34. The van der Waals surface area contributed by atoms with Crippen LogP contribution >= 0.6 is 24.0 Å². The Balaban J connectivity index is 1.91. The maximum Gasteiger partial charge on any atom is 0.306 e. The van der Waals surface area contributed by atoms with Gasteiger partial charge in [-0.05, 0) is 42.0 Å². The van der Waals surface area contributed by atoms with Crippen molar-refractivity contribution in [2.75, 3.05) is 18.3 Å². The van der Waals surface area contributed by atoms with E-state index < -0.39 is 15.9 Å². The number of rotatable bonds is 5. The summed E-state index contributed by atoms with van der Waals surface area (Å²) < 4.78 is 46.4. The molecular formula is C18H14FNO5S3. The molecule has 28 heavy (non-hydrogen) atoms. The molecule has 0 aliphatic carbocycles. The van der Waals surface area contributed by atoms with Crippen molar-refractivity contribution in [3.63, 3.8) is 0 Å². The van der Waals surface area contributed by atoms with E-state index >= 15 is 0 Å². The minimum absolute atomic E-state index is 0.0365. The van der Waals surface area contributed by atoms with E-state index in [0.29, 0.717) is 16.2 Å². The molecule has 0 N–H and O–H groups in total. The molecule has 0 aromatic heterocycles. The molecule has 146 valence electrons. The van der Waals surface area contributed by atoms with Crippen molar-refractivity contribution >= 4 is 56.1 Å². The number of ether oxygens (including phenoxy) is 1. The lowest BCUT2D eigenvalue weighted by Gasteiger charge is -2.14. The molecule has 2 aromatic carbocycles. The van der Waals surface area contributed by atoms with Crippen LogP contribution in [0.1, 0.15) is 5.56 Å². The molecule has 0 unspecified atom stereocenters. The predicted molar refractivity (Wildman–Crippen MR) is 111 cm³/mol. The molecule has 1 saturated heterocycles. The van der Waals surface area contributed by atoms with E-state index in [9.17, 15) is 17.6 Å². The molecule has 0 spiro atoms. The van der Waals surface area contributed by atoms with Crippen molar-refractivity contribution in [3.05, 3.63) is 58.8 Å². The molecule has 0 radical (unpaired) electrons. The van der Waals surface area contributed by atoms with Crippen molar-refractivity contribution in [2.45, 2.75) is 0 Å². The van der Waals surface area contributed by atoms with E-state index in [-0.39, 0.29) is 21.7 Å². The summed E-state index contributed by atoms with van der Waals surface area (Å²) in [6, 6.07) is 10.2. The lowest BCUT2D eigenvalue weighted by Crippen LogP contribution is -2.27. The standard InChI is InChI=1S/C18H14FNO5S3/c1-24-15-8-11(6-7-14(15)25-28(2,22)23)9-16-17(21)20(18(26)27-16)13-5-3-4-12(19)10-13/h3-10H,1-2H3/b16-9+. The van der Waals surface area contributed by atoms with Gasteiger partial charge < -0.3 is 8.92 Å². The number of thiocarbonyl (C=S) groups is 1. The smallest absolute Gasteiger partial charge is 0.306 e. The van der Waals surface area contributed by atoms with Gasteiger partial charge in [0.05, 0.1) is 24.0 Å². The van der Waals surface area contributed by atoms with Gasteiger partial charge in [0.2, 0.25) is 0 Å². The van der Waals surface area contributed by atoms with Crippen LogP contribution in [0.25, 0.3) is 6.08 Å². The topological polar surface area (TPSA) is 72.9 Å². The fourth-order valence-corrected chi connectivity index (χ4v) is 4.23. The Hall–Kier alpha value is -2.43. The van der Waals surface area contributed by atoms with Crippen molar-refractivity contribution in [1.29, 1.82) is 0 Å². The highest BCUT2D eigenvalue weighted by Gasteiger charge is 2.33. The fourth-order valence-electron chi connectivity index (χ4n) is 2.46. The van der Waals surface area contributed by atoms with Gasteiger partial charge >= 0.3 is 10.1 Å². The van der Waals surface area contributed by atoms with Crippen LogP contribution in [-0.2, 0) is 14.9 Å². The van der Waals surface area contributed by atoms with Crippen LogP contribution in [0, 0.1) is 5.82 Å². The zero-order valence-electron chi connectivity index (χ0n) is 14.7. The molecular weight excluding hydrogens is 425 g/mol. The van der Waals surface area contributed by atoms with Gasteiger partial charge in [-0.25, -0.2) is 4.39 Å². The molecule has 0 bridgehead atoms. The van der Waals surface area contributed by atoms with E-state index in [1.54, 1.807) is 18.2 Å². The second-order valence-electron chi connectivity index (χ2n) is 5.69. The van der Waals surface area contributed by atoms with Gasteiger partial charge in [0.1, 0.15) is 5.82 Å². The first-order valence-electron chi connectivity index (χ1n) is 7.79. The number of hydrogen-bond acceptors (Lipinski definition) is 7. The maximum absolute atomic E-state index is 13.5. The molecule has 1 aliphatic rings. The third kappa shape index (κ3) is 4.51. The zero-order chi connectivity index (χ0) is 20.5. The number of hydrogen-bond donors (Lipinski definition) is 0. The first kappa shape index (κ1) is 20.3. The number of nitrogens with zero attached hydrogens (tertiary/aromatic N) is 1. The molecule has 1 amide bonds. The average Bonchev–Trinajstić information content (AvgIpc) is 2.88. The number of thioether (sulfide) groups is 1. The summed E-state index contributed by atoms with van der Waals surface area (Å²) >= 11 is 6.34. The summed E-state index contributed by atoms with van der Waals surface area (Å²) in [4.78, 5) is 14.3. The van der Waals surface area contributed by atoms with Gasteiger partial charge in [0.15, 0.2) is 15.8 Å². The van der Waals surface area contributed by atoms with Crippen LogP contribution in [0.5, 0.6) is 11.5 Å². The summed E-state index contributed by atoms with van der Waals surface area (Å²) in [6.45, 7) is 0. The minimum atomic E-state index is -3.71. The van der Waals surface area contributed by atoms with Crippen LogP contribution in [-0.4, -0.2) is 32.0 Å². The number of carbonyl (C=O) groups excluding carboxylic acids is 1. The largest absolute Gasteiger partial charge is 0.493 e. The minimum Gasteiger partial charge on any atom is -0.493 e. The van der Waals surface area contributed by atoms with E-state index in [1.165, 1.54) is 42.3 Å². The Kier molecular flexibility index (Phi) is 5.73. The molecule has 0 atom stereocenters. The van der Waals surface area contributed by atoms with Gasteiger partial charge in [-0.2, -0.15) is 8.42 Å². The Morgan fingerprint density at radius 1 is 1.18 bits per heavy atom. The SMILES string of the molecule is COc1cc(/C=C2/SC(=S)N(c3cccc(F)c3)C2=O)ccc1OS(C)(=O)=O. The highest BCUT2D eigenvalue weighted by molar-refractivity contribution is 8.27. The average molecular weight is 440 g/mol. The maximum atomic E-state index is 13.5. The Bertz CT molecular complexity index is 1100. The molecule has 10 heteroatoms. The third-order valence-electron chi connectivity index (χ3n) is 3.59. The molecule has 1 heterocycles. The quantitative estimate of drug-likeness (QED) is 0.401. The first-order valence-corrected chi connectivity index (χ1v) is 10.8. The van der Waals surface area contributed by atoms with Gasteiger partial charge in [-0.1, -0.05) is 36.1 Å². The number of carbonyl (C=O) groups is 1. The van der Waals surface area contributed by atoms with Gasteiger partial charge in [-0.15, -0.1) is 0 Å². The van der Waals surface area contributed by atoms with Crippen LogP contribution in [0.3, 0.4) is 0 Å². The highest BCUT2D eigenvalue weighted by Crippen LogP contribution is 2.37. The predicted octanol–water partition coefficient (Wildman–Crippen LogP) is 3.58. The summed E-state index contributed by atoms with van der Waals surface area (Å²) in [5.41, 5.74) is 0.929. The van der Waals surface area contributed by atoms with Crippen molar-refractivity contribution in [3.8, 4) is 11.5 Å². The number of anilines is 1. The second kappa shape index (κ2) is 7.90. The lowest BCUT2D eigenvalue weighted by molar-refractivity contribution is -0.113. The Labute approximate surface area is 171 Å². The highest BCUT2D eigenvalue weighted by atomic mass is 32.2. The number of amides is 1. The van der Waals surface area contributed by atoms with E-state index in [2.05, 4.69) is 0 Å². The van der Waals surface area contributed by atoms with E-state index in [1.807, 2.05) is 0 Å². The first-order chi connectivity index (χ1) is 13.2. The van der Waals surface area contributed by atoms with Crippen LogP contribution < -0.4 is 13.8 Å². The second-order valence-corrected chi connectivity index (χ2v) is 8.95. The Morgan fingerprint density at radius 3 is 2.57 bits per heavy atom. The molecule has 3 rings (SSSR count). The lowest BCUT2D eigenvalue weighted by atomic mass is 10.2. The van der Waals surface area contributed by atoms with Crippen molar-refractivity contribution < 1.29 is 26.5 Å². The number of benzene rings is 2. The van der Waals surface area contributed by atoms with Crippen molar-refractivity contribution in [2.24, 2.45) is 0 Å². The normalized spacial score (nSPS) is 16.0. The Morgan fingerprint density at radius 2 is 1.93 bits per heavy atom. The van der Waals surface area contributed by atoms with E-state index in [0.717, 1.165) is 18.0 Å². The van der Waals surface area contributed by atoms with E-state index in [4.69, 9.17) is 21.1 Å². The summed E-state index contributed by atoms with van der Waals surface area (Å²) in [5.74, 6) is -0.619. The van der Waals surface area contributed by atoms with Gasteiger partial charge in [-0.3, -0.25) is 9.69 Å². The molecule has 6 nitrogen and oxygen atoms in total. The zero-order valence-corrected chi connectivity index (χ0v) is 17.2.